The minimum absolute atomic E-state index is 0.0513. The van der Waals surface area contributed by atoms with Crippen LogP contribution in [0.5, 0.6) is 11.5 Å². The first-order valence-electron chi connectivity index (χ1n) is 21.2. The van der Waals surface area contributed by atoms with E-state index < -0.39 is 39.9 Å². The lowest BCUT2D eigenvalue weighted by atomic mass is 10.0. The molecule has 0 spiro atoms. The molecule has 2 amide bonds. The number of pyridine rings is 2. The number of ether oxygens (including phenoxy) is 1. The number of carbonyl (C=O) groups is 3. The van der Waals surface area contributed by atoms with E-state index in [0.29, 0.717) is 68.8 Å². The van der Waals surface area contributed by atoms with Gasteiger partial charge in [-0.1, -0.05) is 36.8 Å². The Morgan fingerprint density at radius 2 is 1.59 bits per heavy atom. The van der Waals surface area contributed by atoms with Gasteiger partial charge in [-0.3, -0.25) is 19.4 Å². The molecule has 0 radical (unpaired) electrons. The van der Waals surface area contributed by atoms with Crippen LogP contribution < -0.4 is 32.0 Å². The number of rotatable bonds is 17. The number of sulfone groups is 1. The quantitative estimate of drug-likeness (QED) is 0.0408. The maximum atomic E-state index is 14.2. The number of aromatic hydroxyl groups is 1. The zero-order chi connectivity index (χ0) is 50.0. The van der Waals surface area contributed by atoms with Crippen molar-refractivity contribution in [1.29, 1.82) is 0 Å². The van der Waals surface area contributed by atoms with Gasteiger partial charge in [-0.15, -0.1) is 0 Å². The highest BCUT2D eigenvalue weighted by atomic mass is 32.2. The average molecular weight is 969 g/mol. The molecule has 7 rings (SSSR count). The first-order valence-corrected chi connectivity index (χ1v) is 22.7. The van der Waals surface area contributed by atoms with Gasteiger partial charge < -0.3 is 46.7 Å². The molecule has 0 aliphatic heterocycles. The summed E-state index contributed by atoms with van der Waals surface area (Å²) in [5, 5.41) is 38.3. The van der Waals surface area contributed by atoms with E-state index in [-0.39, 0.29) is 32.2 Å². The topological polar surface area (TPSA) is 263 Å². The van der Waals surface area contributed by atoms with E-state index in [4.69, 9.17) is 20.4 Å². The van der Waals surface area contributed by atoms with Crippen molar-refractivity contribution in [2.45, 2.75) is 54.7 Å². The molecule has 7 aromatic rings. The largest absolute Gasteiger partial charge is 0.506 e. The number of nitrogens with one attached hydrogen (secondary N) is 4. The number of fused-ring (bicyclic) bond motifs is 2. The molecule has 0 saturated heterocycles. The smallest absolute Gasteiger partial charge is 0.490 e. The fourth-order valence-electron chi connectivity index (χ4n) is 7.32. The van der Waals surface area contributed by atoms with Gasteiger partial charge in [0.2, 0.25) is 15.4 Å². The zero-order valence-corrected chi connectivity index (χ0v) is 37.9. The lowest BCUT2D eigenvalue weighted by molar-refractivity contribution is -0.192. The summed E-state index contributed by atoms with van der Waals surface area (Å²) < 4.78 is 65.4. The van der Waals surface area contributed by atoms with Gasteiger partial charge >= 0.3 is 12.1 Å². The molecule has 20 heteroatoms. The Labute approximate surface area is 392 Å². The van der Waals surface area contributed by atoms with Gasteiger partial charge in [-0.25, -0.2) is 13.2 Å². The molecule has 1 unspecified atom stereocenters. The van der Waals surface area contributed by atoms with Crippen LogP contribution in [0.2, 0.25) is 0 Å². The van der Waals surface area contributed by atoms with Gasteiger partial charge in [-0.05, 0) is 116 Å². The van der Waals surface area contributed by atoms with Crippen LogP contribution in [-0.2, 0) is 21.1 Å². The Balaban J connectivity index is 0.00000104. The summed E-state index contributed by atoms with van der Waals surface area (Å²) in [6.07, 6.45) is -0.918. The Bertz CT molecular complexity index is 3200. The van der Waals surface area contributed by atoms with Gasteiger partial charge in [0.25, 0.3) is 11.8 Å². The second-order valence-electron chi connectivity index (χ2n) is 15.7. The van der Waals surface area contributed by atoms with Crippen molar-refractivity contribution in [2.75, 3.05) is 30.8 Å². The molecule has 16 nitrogen and oxygen atoms in total. The van der Waals surface area contributed by atoms with Crippen LogP contribution in [0.1, 0.15) is 62.8 Å². The maximum absolute atomic E-state index is 14.2. The highest BCUT2D eigenvalue weighted by molar-refractivity contribution is 7.91. The number of unbranched alkanes of at least 4 members (excludes halogenated alkanes) is 2. The summed E-state index contributed by atoms with van der Waals surface area (Å²) in [5.74, 6) is -3.46. The number of phenols is 1. The third-order valence-electron chi connectivity index (χ3n) is 10.8. The molecular weight excluding hydrogens is 922 g/mol. The minimum Gasteiger partial charge on any atom is -0.506 e. The molecule has 0 fully saturated rings. The Morgan fingerprint density at radius 1 is 0.870 bits per heavy atom. The maximum Gasteiger partial charge on any atom is 0.490 e. The molecule has 2 aromatic heterocycles. The number of nitrogens with zero attached hydrogens (tertiary/aromatic N) is 1. The summed E-state index contributed by atoms with van der Waals surface area (Å²) in [4.78, 5) is 53.4. The number of primary amides is 1. The standard InChI is InChI=1S/C47H46N6O8S.C2HF3O2/c1-28-22-35(25-38-43(28)50-26-39(46(48)57)44(38)51-32-10-7-11-33(24-32)61-2)62(59,60)34-12-6-9-30(23-34)47(58)52-31-15-13-29(14-16-31)8-4-3-5-21-49-27-41(55)36-17-19-40(54)45-37(36)18-20-42(56)53-45;3-2(4,5)1(6)7/h6-7,9-20,22-26,41,49,54-55H,3-5,8,21,27H2,1-2H3,(H2,48,57)(H,50,51)(H,52,58)(H,53,56);(H,6,7). The Kier molecular flexibility index (Phi) is 16.0. The SMILES string of the molecule is COc1cccc(Nc2c(C(N)=O)cnc3c(C)cc(S(=O)(=O)c4cccc(C(=O)Nc5ccc(CCCCCNCC(O)c6ccc(O)c7[nH]c(=O)ccc67)cc5)c4)cc23)c1.O=C(O)C(F)(F)F. The predicted octanol–water partition coefficient (Wildman–Crippen LogP) is 7.70. The van der Waals surface area contributed by atoms with Gasteiger partial charge in [0.05, 0.1) is 45.3 Å². The van der Waals surface area contributed by atoms with Crippen molar-refractivity contribution in [3.63, 3.8) is 0 Å². The average Bonchev–Trinajstić information content (AvgIpc) is 3.32. The molecule has 360 valence electrons. The normalized spacial score (nSPS) is 11.9. The van der Waals surface area contributed by atoms with Crippen LogP contribution >= 0.6 is 0 Å². The van der Waals surface area contributed by atoms with Crippen LogP contribution in [0, 0.1) is 6.92 Å². The van der Waals surface area contributed by atoms with Crippen molar-refractivity contribution in [2.24, 2.45) is 5.73 Å². The number of benzene rings is 5. The van der Waals surface area contributed by atoms with Crippen LogP contribution in [-0.4, -0.2) is 77.9 Å². The molecule has 0 bridgehead atoms. The second kappa shape index (κ2) is 21.9. The molecule has 0 saturated carbocycles. The number of nitrogens with two attached hydrogens (primary N) is 1. The summed E-state index contributed by atoms with van der Waals surface area (Å²) in [7, 11) is -2.63. The van der Waals surface area contributed by atoms with Crippen molar-refractivity contribution < 1.29 is 56.0 Å². The van der Waals surface area contributed by atoms with E-state index in [9.17, 15) is 46.2 Å². The third kappa shape index (κ3) is 12.6. The van der Waals surface area contributed by atoms with Gasteiger partial charge in [0.15, 0.2) is 0 Å². The molecule has 9 N–H and O–H groups in total. The Hall–Kier alpha value is -7.81. The number of phenolic OH excluding ortho intramolecular Hbond substituents is 1. The van der Waals surface area contributed by atoms with E-state index in [0.717, 1.165) is 31.2 Å². The van der Waals surface area contributed by atoms with E-state index >= 15 is 0 Å². The molecule has 69 heavy (non-hydrogen) atoms. The van der Waals surface area contributed by atoms with E-state index in [1.54, 1.807) is 49.4 Å². The van der Waals surface area contributed by atoms with Crippen LogP contribution in [0.3, 0.4) is 0 Å². The first kappa shape index (κ1) is 50.6. The number of aryl methyl sites for hydroxylation is 2. The highest BCUT2D eigenvalue weighted by Crippen LogP contribution is 2.35. The second-order valence-corrected chi connectivity index (χ2v) is 17.7. The molecule has 0 aliphatic rings. The lowest BCUT2D eigenvalue weighted by Gasteiger charge is -2.16. The zero-order valence-electron chi connectivity index (χ0n) is 37.1. The number of amides is 2. The molecule has 5 aromatic carbocycles. The predicted molar refractivity (Wildman–Crippen MR) is 253 cm³/mol. The highest BCUT2D eigenvalue weighted by Gasteiger charge is 2.38. The number of aliphatic hydroxyl groups is 1. The number of aliphatic carboxylic acids is 1. The number of methoxy groups -OCH3 is 1. The summed E-state index contributed by atoms with van der Waals surface area (Å²) >= 11 is 0. The number of carboxylic acid groups (broad SMARTS) is 1. The third-order valence-corrected chi connectivity index (χ3v) is 12.6. The van der Waals surface area contributed by atoms with Gasteiger partial charge in [-0.2, -0.15) is 13.2 Å². The van der Waals surface area contributed by atoms with E-state index in [1.807, 2.05) is 24.3 Å². The molecule has 2 heterocycles. The number of alkyl halides is 3. The number of aliphatic hydroxyl groups excluding tert-OH is 1. The number of carboxylic acids is 1. The fourth-order valence-corrected chi connectivity index (χ4v) is 8.74. The monoisotopic (exact) mass is 968 g/mol. The molecule has 1 atom stereocenters. The molecule has 0 aliphatic carbocycles. The van der Waals surface area contributed by atoms with Crippen molar-refractivity contribution >= 4 is 66.5 Å². The number of hydrogen-bond donors (Lipinski definition) is 8. The lowest BCUT2D eigenvalue weighted by Crippen LogP contribution is -2.22. The number of hydrogen-bond acceptors (Lipinski definition) is 12. The number of halogens is 3. The summed E-state index contributed by atoms with van der Waals surface area (Å²) in [6, 6.07) is 29.4. The van der Waals surface area contributed by atoms with Crippen LogP contribution in [0.25, 0.3) is 21.8 Å². The number of aromatic nitrogens is 2. The fraction of sp³-hybridized carbons (Fsp3) is 0.204. The Morgan fingerprint density at radius 3 is 2.29 bits per heavy atom. The number of H-pyrrole nitrogens is 1. The van der Waals surface area contributed by atoms with Gasteiger partial charge in [0.1, 0.15) is 11.5 Å². The van der Waals surface area contributed by atoms with Crippen LogP contribution in [0.4, 0.5) is 30.2 Å². The summed E-state index contributed by atoms with van der Waals surface area (Å²) in [5.41, 5.74) is 10.1. The number of carbonyl (C=O) groups excluding carboxylic acids is 2. The van der Waals surface area contributed by atoms with Gasteiger partial charge in [0, 0.05) is 52.6 Å². The minimum atomic E-state index is -5.08. The summed E-state index contributed by atoms with van der Waals surface area (Å²) in [6.45, 7) is 2.75. The number of anilines is 3. The first-order chi connectivity index (χ1) is 32.8. The number of aromatic amines is 1. The van der Waals surface area contributed by atoms with E-state index in [2.05, 4.69) is 25.9 Å². The molecular formula is C49H47F3N6O10S. The van der Waals surface area contributed by atoms with E-state index in [1.165, 1.54) is 55.8 Å². The van der Waals surface area contributed by atoms with Crippen molar-refractivity contribution in [3.05, 3.63) is 154 Å². The van der Waals surface area contributed by atoms with Crippen LogP contribution in [0.15, 0.2) is 130 Å². The van der Waals surface area contributed by atoms with Crippen molar-refractivity contribution in [3.8, 4) is 11.5 Å². The van der Waals surface area contributed by atoms with Crippen molar-refractivity contribution in [1.82, 2.24) is 15.3 Å².